The molecule has 0 aliphatic carbocycles. The summed E-state index contributed by atoms with van der Waals surface area (Å²) in [7, 11) is 0. The molecule has 0 amide bonds. The van der Waals surface area contributed by atoms with Crippen molar-refractivity contribution in [3.05, 3.63) is 12.7 Å². The minimum atomic E-state index is -4.41. The van der Waals surface area contributed by atoms with Crippen LogP contribution in [0.2, 0.25) is 0 Å². The summed E-state index contributed by atoms with van der Waals surface area (Å²) in [5.74, 6) is -0.736. The number of ether oxygens (including phenoxy) is 2. The van der Waals surface area contributed by atoms with Crippen LogP contribution in [-0.2, 0) is 14.3 Å². The molecule has 6 heteroatoms. The molecule has 2 unspecified atom stereocenters. The molecular weight excluding hydrogens is 213 g/mol. The number of hydrogen-bond donors (Lipinski definition) is 0. The lowest BCUT2D eigenvalue weighted by Crippen LogP contribution is -2.36. The van der Waals surface area contributed by atoms with Crippen molar-refractivity contribution in [2.45, 2.75) is 31.2 Å². The second-order valence-electron chi connectivity index (χ2n) is 3.44. The summed E-state index contributed by atoms with van der Waals surface area (Å²) in [6.45, 7) is 4.16. The molecule has 1 saturated heterocycles. The van der Waals surface area contributed by atoms with Crippen molar-refractivity contribution < 1.29 is 27.4 Å². The first-order valence-electron chi connectivity index (χ1n) is 4.34. The molecule has 0 spiro atoms. The molecule has 86 valence electrons. The number of halogens is 3. The van der Waals surface area contributed by atoms with Crippen LogP contribution in [-0.4, -0.2) is 30.5 Å². The first-order chi connectivity index (χ1) is 6.81. The third-order valence-corrected chi connectivity index (χ3v) is 2.11. The third-order valence-electron chi connectivity index (χ3n) is 2.11. The number of esters is 1. The van der Waals surface area contributed by atoms with Gasteiger partial charge in [-0.3, -0.25) is 0 Å². The van der Waals surface area contributed by atoms with Crippen LogP contribution in [0.1, 0.15) is 13.3 Å². The Morgan fingerprint density at radius 3 is 2.60 bits per heavy atom. The minimum absolute atomic E-state index is 0.369. The zero-order chi connectivity index (χ0) is 11.7. The summed E-state index contributed by atoms with van der Waals surface area (Å²) >= 11 is 0. The lowest BCUT2D eigenvalue weighted by Gasteiger charge is -2.19. The molecule has 1 fully saturated rings. The van der Waals surface area contributed by atoms with Crippen molar-refractivity contribution in [2.24, 2.45) is 0 Å². The number of rotatable bonds is 4. The second-order valence-corrected chi connectivity index (χ2v) is 3.44. The first kappa shape index (κ1) is 12.0. The molecule has 1 aliphatic rings. The van der Waals surface area contributed by atoms with Gasteiger partial charge in [0.1, 0.15) is 6.10 Å². The Labute approximate surface area is 84.8 Å². The summed E-state index contributed by atoms with van der Waals surface area (Å²) in [5, 5.41) is 0. The van der Waals surface area contributed by atoms with E-state index >= 15 is 0 Å². The zero-order valence-corrected chi connectivity index (χ0v) is 8.13. The standard InChI is InChI=1S/C9H11F3O3/c1-3-7(13)15-6(2)4-8(5-14-8)9(10,11)12/h3,6H,1,4-5H2,2H3. The Morgan fingerprint density at radius 1 is 1.73 bits per heavy atom. The van der Waals surface area contributed by atoms with Crippen LogP contribution in [0.5, 0.6) is 0 Å². The quantitative estimate of drug-likeness (QED) is 0.415. The highest BCUT2D eigenvalue weighted by molar-refractivity contribution is 5.81. The van der Waals surface area contributed by atoms with Gasteiger partial charge in [0.2, 0.25) is 0 Å². The van der Waals surface area contributed by atoms with Gasteiger partial charge in [0.25, 0.3) is 0 Å². The van der Waals surface area contributed by atoms with Gasteiger partial charge in [-0.2, -0.15) is 13.2 Å². The summed E-state index contributed by atoms with van der Waals surface area (Å²) in [4.78, 5) is 10.7. The van der Waals surface area contributed by atoms with E-state index in [2.05, 4.69) is 16.1 Å². The molecule has 2 atom stereocenters. The smallest absolute Gasteiger partial charge is 0.419 e. The Morgan fingerprint density at radius 2 is 2.27 bits per heavy atom. The largest absolute Gasteiger partial charge is 0.459 e. The van der Waals surface area contributed by atoms with Crippen LogP contribution in [0.15, 0.2) is 12.7 Å². The fourth-order valence-corrected chi connectivity index (χ4v) is 1.24. The number of epoxide rings is 1. The molecule has 0 aromatic carbocycles. The van der Waals surface area contributed by atoms with Gasteiger partial charge in [-0.05, 0) is 6.92 Å². The molecule has 0 aromatic heterocycles. The van der Waals surface area contributed by atoms with Crippen molar-refractivity contribution in [3.63, 3.8) is 0 Å². The Balaban J connectivity index is 2.48. The highest BCUT2D eigenvalue weighted by Crippen LogP contribution is 2.47. The number of hydrogen-bond acceptors (Lipinski definition) is 3. The summed E-state index contributed by atoms with van der Waals surface area (Å²) in [5.41, 5.74) is -2.12. The SMILES string of the molecule is C=CC(=O)OC(C)CC1(C(F)(F)F)CO1. The fourth-order valence-electron chi connectivity index (χ4n) is 1.24. The molecule has 3 nitrogen and oxygen atoms in total. The maximum absolute atomic E-state index is 12.4. The second kappa shape index (κ2) is 3.84. The molecule has 0 aromatic rings. The van der Waals surface area contributed by atoms with Crippen LogP contribution >= 0.6 is 0 Å². The fraction of sp³-hybridized carbons (Fsp3) is 0.667. The van der Waals surface area contributed by atoms with E-state index in [-0.39, 0.29) is 13.0 Å². The van der Waals surface area contributed by atoms with E-state index in [1.165, 1.54) is 6.92 Å². The van der Waals surface area contributed by atoms with E-state index < -0.39 is 23.9 Å². The van der Waals surface area contributed by atoms with Crippen molar-refractivity contribution in [3.8, 4) is 0 Å². The van der Waals surface area contributed by atoms with E-state index in [0.717, 1.165) is 6.08 Å². The molecule has 1 aliphatic heterocycles. The third kappa shape index (κ3) is 2.71. The van der Waals surface area contributed by atoms with Gasteiger partial charge >= 0.3 is 12.1 Å². The van der Waals surface area contributed by atoms with Gasteiger partial charge < -0.3 is 9.47 Å². The molecule has 0 bridgehead atoms. The average Bonchev–Trinajstić information content (AvgIpc) is 2.83. The maximum atomic E-state index is 12.4. The van der Waals surface area contributed by atoms with Gasteiger partial charge in [-0.25, -0.2) is 4.79 Å². The Hall–Kier alpha value is -1.04. The molecule has 0 N–H and O–H groups in total. The number of carbonyl (C=O) groups is 1. The lowest BCUT2D eigenvalue weighted by atomic mass is 10.0. The average molecular weight is 224 g/mol. The molecule has 1 heterocycles. The van der Waals surface area contributed by atoms with Gasteiger partial charge in [0.05, 0.1) is 6.61 Å². The predicted molar refractivity (Wildman–Crippen MR) is 45.1 cm³/mol. The summed E-state index contributed by atoms with van der Waals surface area (Å²) < 4.78 is 46.2. The monoisotopic (exact) mass is 224 g/mol. The van der Waals surface area contributed by atoms with E-state index in [0.29, 0.717) is 0 Å². The zero-order valence-electron chi connectivity index (χ0n) is 8.13. The Bertz CT molecular complexity index is 268. The van der Waals surface area contributed by atoms with E-state index in [1.54, 1.807) is 0 Å². The van der Waals surface area contributed by atoms with Gasteiger partial charge in [-0.15, -0.1) is 0 Å². The van der Waals surface area contributed by atoms with Crippen LogP contribution in [0.25, 0.3) is 0 Å². The molecular formula is C9H11F3O3. The summed E-state index contributed by atoms with van der Waals surface area (Å²) in [6.07, 6.45) is -4.73. The maximum Gasteiger partial charge on any atom is 0.419 e. The topological polar surface area (TPSA) is 38.8 Å². The highest BCUT2D eigenvalue weighted by Gasteiger charge is 2.66. The van der Waals surface area contributed by atoms with Crippen LogP contribution in [0, 0.1) is 0 Å². The van der Waals surface area contributed by atoms with Gasteiger partial charge in [0.15, 0.2) is 5.60 Å². The normalized spacial score (nSPS) is 26.9. The van der Waals surface area contributed by atoms with E-state index in [4.69, 9.17) is 0 Å². The van der Waals surface area contributed by atoms with E-state index in [1.807, 2.05) is 0 Å². The van der Waals surface area contributed by atoms with Crippen molar-refractivity contribution >= 4 is 5.97 Å². The van der Waals surface area contributed by atoms with E-state index in [9.17, 15) is 18.0 Å². The van der Waals surface area contributed by atoms with Crippen LogP contribution in [0.3, 0.4) is 0 Å². The van der Waals surface area contributed by atoms with Gasteiger partial charge in [-0.1, -0.05) is 6.58 Å². The lowest BCUT2D eigenvalue weighted by molar-refractivity contribution is -0.193. The summed E-state index contributed by atoms with van der Waals surface area (Å²) in [6, 6.07) is 0. The molecule has 0 saturated carbocycles. The molecule has 15 heavy (non-hydrogen) atoms. The Kier molecular flexibility index (Phi) is 3.08. The highest BCUT2D eigenvalue weighted by atomic mass is 19.4. The van der Waals surface area contributed by atoms with Crippen LogP contribution < -0.4 is 0 Å². The number of alkyl halides is 3. The molecule has 0 radical (unpaired) electrons. The predicted octanol–water partition coefficient (Wildman–Crippen LogP) is 1.83. The minimum Gasteiger partial charge on any atom is -0.459 e. The van der Waals surface area contributed by atoms with Crippen molar-refractivity contribution in [1.82, 2.24) is 0 Å². The van der Waals surface area contributed by atoms with Gasteiger partial charge in [0, 0.05) is 12.5 Å². The van der Waals surface area contributed by atoms with Crippen molar-refractivity contribution in [1.29, 1.82) is 0 Å². The molecule has 1 rings (SSSR count). The number of carbonyl (C=O) groups excluding carboxylic acids is 1. The van der Waals surface area contributed by atoms with Crippen LogP contribution in [0.4, 0.5) is 13.2 Å². The van der Waals surface area contributed by atoms with Crippen molar-refractivity contribution in [2.75, 3.05) is 6.61 Å². The first-order valence-corrected chi connectivity index (χ1v) is 4.34.